The SMILES string of the molecule is Cc1cc(C)cc(S(=O)(=O)NN2CCOCC2)c1. The smallest absolute Gasteiger partial charge is 0.253 e. The van der Waals surface area contributed by atoms with E-state index in [1.807, 2.05) is 19.9 Å². The lowest BCUT2D eigenvalue weighted by Crippen LogP contribution is -2.48. The monoisotopic (exact) mass is 270 g/mol. The van der Waals surface area contributed by atoms with Crippen molar-refractivity contribution < 1.29 is 13.2 Å². The maximum atomic E-state index is 12.2. The summed E-state index contributed by atoms with van der Waals surface area (Å²) in [5.74, 6) is 0. The van der Waals surface area contributed by atoms with E-state index in [9.17, 15) is 8.42 Å². The minimum absolute atomic E-state index is 0.312. The van der Waals surface area contributed by atoms with Gasteiger partial charge in [-0.15, -0.1) is 4.83 Å². The van der Waals surface area contributed by atoms with Crippen LogP contribution < -0.4 is 4.83 Å². The van der Waals surface area contributed by atoms with Gasteiger partial charge >= 0.3 is 0 Å². The average Bonchev–Trinajstić information content (AvgIpc) is 2.28. The molecule has 1 aliphatic rings. The van der Waals surface area contributed by atoms with Crippen molar-refractivity contribution in [2.75, 3.05) is 26.3 Å². The number of ether oxygens (including phenoxy) is 1. The highest BCUT2D eigenvalue weighted by Crippen LogP contribution is 2.14. The summed E-state index contributed by atoms with van der Waals surface area (Å²) >= 11 is 0. The van der Waals surface area contributed by atoms with Crippen molar-refractivity contribution in [3.8, 4) is 0 Å². The number of aryl methyl sites for hydroxylation is 2. The lowest BCUT2D eigenvalue weighted by Gasteiger charge is -2.26. The quantitative estimate of drug-likeness (QED) is 0.884. The maximum absolute atomic E-state index is 12.2. The third-order valence-corrected chi connectivity index (χ3v) is 4.12. The fourth-order valence-corrected chi connectivity index (χ4v) is 3.28. The zero-order chi connectivity index (χ0) is 13.2. The first-order valence-electron chi connectivity index (χ1n) is 5.91. The van der Waals surface area contributed by atoms with Crippen LogP contribution in [0.1, 0.15) is 11.1 Å². The first-order chi connectivity index (χ1) is 8.47. The van der Waals surface area contributed by atoms with Crippen LogP contribution in [0, 0.1) is 13.8 Å². The molecule has 0 unspecified atom stereocenters. The summed E-state index contributed by atoms with van der Waals surface area (Å²) in [6, 6.07) is 5.30. The molecule has 1 N–H and O–H groups in total. The van der Waals surface area contributed by atoms with E-state index in [-0.39, 0.29) is 0 Å². The number of morpholine rings is 1. The van der Waals surface area contributed by atoms with E-state index in [0.29, 0.717) is 31.2 Å². The second kappa shape index (κ2) is 5.36. The Labute approximate surface area is 108 Å². The Kier molecular flexibility index (Phi) is 4.01. The van der Waals surface area contributed by atoms with Crippen molar-refractivity contribution in [2.45, 2.75) is 18.7 Å². The fraction of sp³-hybridized carbons (Fsp3) is 0.500. The minimum atomic E-state index is -3.48. The summed E-state index contributed by atoms with van der Waals surface area (Å²) in [5.41, 5.74) is 1.88. The van der Waals surface area contributed by atoms with Crippen molar-refractivity contribution in [3.05, 3.63) is 29.3 Å². The number of hydrogen-bond acceptors (Lipinski definition) is 4. The van der Waals surface area contributed by atoms with Gasteiger partial charge in [-0.25, -0.2) is 13.4 Å². The van der Waals surface area contributed by atoms with Gasteiger partial charge in [-0.2, -0.15) is 0 Å². The van der Waals surface area contributed by atoms with Gasteiger partial charge in [0, 0.05) is 13.1 Å². The molecule has 0 aromatic heterocycles. The number of benzene rings is 1. The molecular weight excluding hydrogens is 252 g/mol. The number of rotatable bonds is 3. The summed E-state index contributed by atoms with van der Waals surface area (Å²) < 4.78 is 29.6. The van der Waals surface area contributed by atoms with Gasteiger partial charge in [0.05, 0.1) is 18.1 Å². The lowest BCUT2D eigenvalue weighted by molar-refractivity contribution is 0.0272. The molecule has 0 bridgehead atoms. The highest BCUT2D eigenvalue weighted by atomic mass is 32.2. The fourth-order valence-electron chi connectivity index (χ4n) is 1.97. The Morgan fingerprint density at radius 2 is 1.67 bits per heavy atom. The highest BCUT2D eigenvalue weighted by molar-refractivity contribution is 7.89. The molecule has 1 fully saturated rings. The van der Waals surface area contributed by atoms with Gasteiger partial charge in [0.1, 0.15) is 0 Å². The van der Waals surface area contributed by atoms with E-state index in [0.717, 1.165) is 11.1 Å². The Bertz CT molecular complexity index is 502. The number of nitrogens with one attached hydrogen (secondary N) is 1. The van der Waals surface area contributed by atoms with Gasteiger partial charge in [-0.05, 0) is 37.1 Å². The van der Waals surface area contributed by atoms with Crippen LogP contribution in [-0.4, -0.2) is 39.7 Å². The Morgan fingerprint density at radius 3 is 2.22 bits per heavy atom. The van der Waals surface area contributed by atoms with Crippen LogP contribution in [0.2, 0.25) is 0 Å². The van der Waals surface area contributed by atoms with Crippen LogP contribution in [-0.2, 0) is 14.8 Å². The minimum Gasteiger partial charge on any atom is -0.379 e. The Hall–Kier alpha value is -0.950. The predicted octanol–water partition coefficient (Wildman–Crippen LogP) is 0.829. The van der Waals surface area contributed by atoms with E-state index < -0.39 is 10.0 Å². The molecule has 1 aliphatic heterocycles. The molecule has 1 heterocycles. The van der Waals surface area contributed by atoms with Crippen LogP contribution in [0.3, 0.4) is 0 Å². The second-order valence-corrected chi connectivity index (χ2v) is 6.18. The van der Waals surface area contributed by atoms with E-state index >= 15 is 0 Å². The normalized spacial score (nSPS) is 17.9. The molecule has 5 nitrogen and oxygen atoms in total. The first kappa shape index (κ1) is 13.5. The van der Waals surface area contributed by atoms with Gasteiger partial charge in [-0.3, -0.25) is 0 Å². The summed E-state index contributed by atoms with van der Waals surface area (Å²) in [6.07, 6.45) is 0. The zero-order valence-electron chi connectivity index (χ0n) is 10.6. The van der Waals surface area contributed by atoms with Gasteiger partial charge in [0.2, 0.25) is 0 Å². The first-order valence-corrected chi connectivity index (χ1v) is 7.39. The van der Waals surface area contributed by atoms with Crippen molar-refractivity contribution in [2.24, 2.45) is 0 Å². The van der Waals surface area contributed by atoms with Crippen molar-refractivity contribution >= 4 is 10.0 Å². The Morgan fingerprint density at radius 1 is 1.11 bits per heavy atom. The summed E-state index contributed by atoms with van der Waals surface area (Å²) in [5, 5.41) is 1.68. The number of sulfonamides is 1. The summed E-state index contributed by atoms with van der Waals surface area (Å²) in [6.45, 7) is 6.03. The molecule has 1 aromatic carbocycles. The topological polar surface area (TPSA) is 58.6 Å². The number of nitrogens with zero attached hydrogens (tertiary/aromatic N) is 1. The molecule has 100 valence electrons. The van der Waals surface area contributed by atoms with Crippen LogP contribution in [0.15, 0.2) is 23.1 Å². The predicted molar refractivity (Wildman–Crippen MR) is 68.6 cm³/mol. The molecule has 0 spiro atoms. The number of hydrazine groups is 1. The van der Waals surface area contributed by atoms with Crippen LogP contribution in [0.25, 0.3) is 0 Å². The van der Waals surface area contributed by atoms with Crippen molar-refractivity contribution in [3.63, 3.8) is 0 Å². The Balaban J connectivity index is 2.19. The maximum Gasteiger partial charge on any atom is 0.253 e. The molecule has 6 heteroatoms. The van der Waals surface area contributed by atoms with Gasteiger partial charge < -0.3 is 4.74 Å². The molecule has 1 saturated heterocycles. The van der Waals surface area contributed by atoms with Crippen molar-refractivity contribution in [1.82, 2.24) is 9.84 Å². The van der Waals surface area contributed by atoms with Gasteiger partial charge in [-0.1, -0.05) is 6.07 Å². The zero-order valence-corrected chi connectivity index (χ0v) is 11.5. The molecule has 2 rings (SSSR count). The largest absolute Gasteiger partial charge is 0.379 e. The average molecular weight is 270 g/mol. The standard InChI is InChI=1S/C12H18N2O3S/c1-10-7-11(2)9-12(8-10)18(15,16)13-14-3-5-17-6-4-14/h7-9,13H,3-6H2,1-2H3. The molecule has 0 aliphatic carbocycles. The second-order valence-electron chi connectivity index (χ2n) is 4.52. The third-order valence-electron chi connectivity index (χ3n) is 2.77. The van der Waals surface area contributed by atoms with E-state index in [2.05, 4.69) is 4.83 Å². The van der Waals surface area contributed by atoms with Gasteiger partial charge in [0.15, 0.2) is 0 Å². The van der Waals surface area contributed by atoms with Gasteiger partial charge in [0.25, 0.3) is 10.0 Å². The van der Waals surface area contributed by atoms with E-state index in [4.69, 9.17) is 4.74 Å². The summed E-state index contributed by atoms with van der Waals surface area (Å²) in [4.78, 5) is 2.90. The molecular formula is C12H18N2O3S. The highest BCUT2D eigenvalue weighted by Gasteiger charge is 2.20. The molecule has 0 radical (unpaired) electrons. The van der Waals surface area contributed by atoms with Crippen LogP contribution in [0.5, 0.6) is 0 Å². The lowest BCUT2D eigenvalue weighted by atomic mass is 10.2. The molecule has 0 saturated carbocycles. The molecule has 0 amide bonds. The van der Waals surface area contributed by atoms with Crippen molar-refractivity contribution in [1.29, 1.82) is 0 Å². The molecule has 1 aromatic rings. The molecule has 18 heavy (non-hydrogen) atoms. The van der Waals surface area contributed by atoms with E-state index in [1.54, 1.807) is 17.1 Å². The third kappa shape index (κ3) is 3.29. The van der Waals surface area contributed by atoms with Crippen LogP contribution in [0.4, 0.5) is 0 Å². The van der Waals surface area contributed by atoms with Crippen LogP contribution >= 0.6 is 0 Å². The van der Waals surface area contributed by atoms with E-state index in [1.165, 1.54) is 0 Å². The molecule has 0 atom stereocenters. The number of hydrogen-bond donors (Lipinski definition) is 1. The summed E-state index contributed by atoms with van der Waals surface area (Å²) in [7, 11) is -3.48.